The lowest BCUT2D eigenvalue weighted by atomic mass is 10.00. The number of methoxy groups -OCH3 is 1. The van der Waals surface area contributed by atoms with E-state index in [0.717, 1.165) is 55.8 Å². The van der Waals surface area contributed by atoms with E-state index < -0.39 is 8.32 Å². The number of allylic oxidation sites excluding steroid dienone is 1. The molecule has 0 amide bonds. The highest BCUT2D eigenvalue weighted by molar-refractivity contribution is 6.74. The van der Waals surface area contributed by atoms with Gasteiger partial charge >= 0.3 is 0 Å². The van der Waals surface area contributed by atoms with Gasteiger partial charge < -0.3 is 18.6 Å². The molecule has 1 saturated heterocycles. The Labute approximate surface area is 220 Å². The molecule has 5 heteroatoms. The maximum atomic E-state index is 6.90. The fourth-order valence-electron chi connectivity index (χ4n) is 4.06. The summed E-state index contributed by atoms with van der Waals surface area (Å²) in [4.78, 5) is 0. The highest BCUT2D eigenvalue weighted by Crippen LogP contribution is 2.41. The first-order valence-electron chi connectivity index (χ1n) is 13.4. The Balaban J connectivity index is 1.83. The monoisotopic (exact) mass is 510 g/mol. The minimum Gasteiger partial charge on any atom is -0.543 e. The minimum atomic E-state index is -2.03. The van der Waals surface area contributed by atoms with E-state index in [1.54, 1.807) is 7.11 Å². The van der Waals surface area contributed by atoms with E-state index in [1.807, 2.05) is 0 Å². The van der Waals surface area contributed by atoms with Gasteiger partial charge in [-0.1, -0.05) is 62.8 Å². The lowest BCUT2D eigenvalue weighted by Crippen LogP contribution is -2.44. The van der Waals surface area contributed by atoms with Crippen molar-refractivity contribution in [1.82, 2.24) is 0 Å². The van der Waals surface area contributed by atoms with Crippen LogP contribution in [-0.4, -0.2) is 34.9 Å². The predicted octanol–water partition coefficient (Wildman–Crippen LogP) is 7.90. The zero-order valence-electron chi connectivity index (χ0n) is 23.5. The third kappa shape index (κ3) is 8.22. The predicted molar refractivity (Wildman–Crippen MR) is 152 cm³/mol. The van der Waals surface area contributed by atoms with E-state index in [1.165, 1.54) is 23.1 Å². The van der Waals surface area contributed by atoms with Crippen LogP contribution < -0.4 is 9.16 Å². The number of hydrogen-bond donors (Lipinski definition) is 0. The van der Waals surface area contributed by atoms with Crippen LogP contribution in [0.25, 0.3) is 0 Å². The lowest BCUT2D eigenvalue weighted by molar-refractivity contribution is -0.156. The molecular formula is C31H46O4Si. The second-order valence-electron chi connectivity index (χ2n) is 11.5. The molecule has 0 aliphatic carbocycles. The van der Waals surface area contributed by atoms with Crippen LogP contribution in [0, 0.1) is 0 Å². The van der Waals surface area contributed by atoms with Gasteiger partial charge in [-0.25, -0.2) is 0 Å². The Hall–Kier alpha value is -2.08. The molecule has 0 bridgehead atoms. The van der Waals surface area contributed by atoms with E-state index in [9.17, 15) is 0 Å². The van der Waals surface area contributed by atoms with Crippen molar-refractivity contribution in [2.24, 2.45) is 0 Å². The van der Waals surface area contributed by atoms with E-state index in [0.29, 0.717) is 6.61 Å². The summed E-state index contributed by atoms with van der Waals surface area (Å²) in [5, 5.41) is 0.108. The smallest absolute Gasteiger partial charge is 0.250 e. The molecule has 2 aromatic carbocycles. The van der Waals surface area contributed by atoms with Crippen LogP contribution in [0.15, 0.2) is 54.1 Å². The van der Waals surface area contributed by atoms with Crippen molar-refractivity contribution in [3.63, 3.8) is 0 Å². The molecule has 2 aromatic rings. The molecule has 36 heavy (non-hydrogen) atoms. The number of ether oxygens (including phenoxy) is 3. The second-order valence-corrected chi connectivity index (χ2v) is 16.2. The van der Waals surface area contributed by atoms with Crippen LogP contribution >= 0.6 is 0 Å². The Morgan fingerprint density at radius 2 is 1.72 bits per heavy atom. The highest BCUT2D eigenvalue weighted by Gasteiger charge is 2.39. The summed E-state index contributed by atoms with van der Waals surface area (Å²) >= 11 is 0. The average molecular weight is 511 g/mol. The molecule has 1 heterocycles. The fourth-order valence-corrected chi connectivity index (χ4v) is 5.09. The second kappa shape index (κ2) is 12.9. The fraction of sp³-hybridized carbons (Fsp3) is 0.548. The lowest BCUT2D eigenvalue weighted by Gasteiger charge is -2.37. The molecule has 0 saturated carbocycles. The van der Waals surface area contributed by atoms with Crippen molar-refractivity contribution in [3.8, 4) is 11.5 Å². The molecule has 3 rings (SSSR count). The van der Waals surface area contributed by atoms with Gasteiger partial charge in [-0.2, -0.15) is 0 Å². The first-order chi connectivity index (χ1) is 17.1. The van der Waals surface area contributed by atoms with Gasteiger partial charge in [-0.3, -0.25) is 0 Å². The first-order valence-corrected chi connectivity index (χ1v) is 16.3. The number of aryl methyl sites for hydroxylation is 2. The molecule has 0 aromatic heterocycles. The van der Waals surface area contributed by atoms with E-state index in [-0.39, 0.29) is 11.3 Å². The van der Waals surface area contributed by atoms with E-state index in [4.69, 9.17) is 18.6 Å². The van der Waals surface area contributed by atoms with Crippen molar-refractivity contribution in [2.75, 3.05) is 20.3 Å². The standard InChI is InChI=1S/C31H46O4Si/c1-24(23-34-30-15-11-12-20-33-30)16-19-27-28(32-5)21-26(18-17-25-13-9-8-10-14-25)22-29(27)35-36(6,7)31(2,3)4/h8-10,13-14,16,21-22,30H,11-12,15,17-20,23H2,1-7H3/b24-16-. The zero-order chi connectivity index (χ0) is 26.2. The number of benzene rings is 2. The summed E-state index contributed by atoms with van der Waals surface area (Å²) in [5.74, 6) is 1.86. The molecule has 1 atom stereocenters. The van der Waals surface area contributed by atoms with Crippen molar-refractivity contribution in [3.05, 3.63) is 70.8 Å². The van der Waals surface area contributed by atoms with Gasteiger partial charge in [0.25, 0.3) is 0 Å². The summed E-state index contributed by atoms with van der Waals surface area (Å²) in [6.45, 7) is 15.0. The third-order valence-corrected chi connectivity index (χ3v) is 11.8. The largest absolute Gasteiger partial charge is 0.543 e. The van der Waals surface area contributed by atoms with Crippen LogP contribution in [0.3, 0.4) is 0 Å². The van der Waals surface area contributed by atoms with Gasteiger partial charge in [0, 0.05) is 12.2 Å². The van der Waals surface area contributed by atoms with Crippen molar-refractivity contribution in [1.29, 1.82) is 0 Å². The molecule has 0 spiro atoms. The van der Waals surface area contributed by atoms with Gasteiger partial charge in [-0.15, -0.1) is 0 Å². The number of hydrogen-bond acceptors (Lipinski definition) is 4. The molecule has 1 aliphatic heterocycles. The van der Waals surface area contributed by atoms with Crippen LogP contribution in [-0.2, 0) is 28.7 Å². The molecule has 198 valence electrons. The SMILES string of the molecule is COc1cc(CCc2ccccc2)cc(O[Si](C)(C)C(C)(C)C)c1C/C=C(/C)COC1CCCCO1. The van der Waals surface area contributed by atoms with Crippen molar-refractivity contribution >= 4 is 8.32 Å². The van der Waals surface area contributed by atoms with Crippen LogP contribution in [0.5, 0.6) is 11.5 Å². The van der Waals surface area contributed by atoms with Gasteiger partial charge in [0.05, 0.1) is 13.7 Å². The summed E-state index contributed by atoms with van der Waals surface area (Å²) in [6.07, 6.45) is 8.13. The molecule has 1 unspecified atom stereocenters. The van der Waals surface area contributed by atoms with Crippen LogP contribution in [0.4, 0.5) is 0 Å². The molecular weight excluding hydrogens is 464 g/mol. The summed E-state index contributed by atoms with van der Waals surface area (Å²) in [5.41, 5.74) is 4.89. The summed E-state index contributed by atoms with van der Waals surface area (Å²) in [6, 6.07) is 15.1. The molecule has 1 fully saturated rings. The Kier molecular flexibility index (Phi) is 10.2. The minimum absolute atomic E-state index is 0.0713. The summed E-state index contributed by atoms with van der Waals surface area (Å²) in [7, 11) is -0.274. The molecule has 4 nitrogen and oxygen atoms in total. The van der Waals surface area contributed by atoms with E-state index >= 15 is 0 Å². The average Bonchev–Trinajstić information content (AvgIpc) is 2.85. The van der Waals surface area contributed by atoms with Gasteiger partial charge in [-0.05, 0) is 86.8 Å². The Bertz CT molecular complexity index is 986. The van der Waals surface area contributed by atoms with Crippen LogP contribution in [0.1, 0.15) is 63.6 Å². The maximum Gasteiger partial charge on any atom is 0.250 e. The van der Waals surface area contributed by atoms with E-state index in [2.05, 4.69) is 89.3 Å². The molecule has 0 N–H and O–H groups in total. The van der Waals surface area contributed by atoms with Gasteiger partial charge in [0.2, 0.25) is 8.32 Å². The Morgan fingerprint density at radius 3 is 2.36 bits per heavy atom. The van der Waals surface area contributed by atoms with Crippen molar-refractivity contribution < 1.29 is 18.6 Å². The van der Waals surface area contributed by atoms with Crippen LogP contribution in [0.2, 0.25) is 18.1 Å². The molecule has 1 aliphatic rings. The topological polar surface area (TPSA) is 36.9 Å². The summed E-state index contributed by atoms with van der Waals surface area (Å²) < 4.78 is 24.5. The van der Waals surface area contributed by atoms with Gasteiger partial charge in [0.15, 0.2) is 6.29 Å². The number of rotatable bonds is 11. The van der Waals surface area contributed by atoms with Gasteiger partial charge in [0.1, 0.15) is 11.5 Å². The Morgan fingerprint density at radius 1 is 1.03 bits per heavy atom. The third-order valence-electron chi connectivity index (χ3n) is 7.45. The zero-order valence-corrected chi connectivity index (χ0v) is 24.5. The normalized spacial score (nSPS) is 17.2. The highest BCUT2D eigenvalue weighted by atomic mass is 28.4. The maximum absolute atomic E-state index is 6.90. The first kappa shape index (κ1) is 28.5. The van der Waals surface area contributed by atoms with Crippen molar-refractivity contribution in [2.45, 2.75) is 90.6 Å². The molecule has 0 radical (unpaired) electrons. The quantitative estimate of drug-likeness (QED) is 0.227.